The molecule has 0 spiro atoms. The van der Waals surface area contributed by atoms with Gasteiger partial charge in [-0.3, -0.25) is 9.30 Å². The Hall–Kier alpha value is -3.88. The minimum atomic E-state index is -0.425. The van der Waals surface area contributed by atoms with Crippen molar-refractivity contribution in [1.29, 1.82) is 5.26 Å². The Labute approximate surface area is 217 Å². The molecule has 0 N–H and O–H groups in total. The molecule has 1 aliphatic rings. The molecule has 0 radical (unpaired) electrons. The number of thiazole rings is 1. The maximum absolute atomic E-state index is 15.3. The average molecular weight is 522 g/mol. The third-order valence-corrected chi connectivity index (χ3v) is 7.59. The number of aldehydes is 1. The minimum Gasteiger partial charge on any atom is -0.368 e. The SMILES string of the molecule is CCc1nc2c(F)cc(N3CCN(CC=O)CC3)cn2c1N(C)c1nc(-c2ccc(F)cc2)c(C#N)s1. The van der Waals surface area contributed by atoms with Gasteiger partial charge in [-0.2, -0.15) is 5.26 Å². The van der Waals surface area contributed by atoms with Gasteiger partial charge < -0.3 is 14.6 Å². The Morgan fingerprint density at radius 3 is 2.54 bits per heavy atom. The van der Waals surface area contributed by atoms with Gasteiger partial charge in [0.1, 0.15) is 34.6 Å². The van der Waals surface area contributed by atoms with Crippen LogP contribution in [0.2, 0.25) is 0 Å². The molecule has 1 fully saturated rings. The zero-order valence-electron chi connectivity index (χ0n) is 20.5. The number of pyridine rings is 1. The van der Waals surface area contributed by atoms with Gasteiger partial charge in [0.25, 0.3) is 0 Å². The van der Waals surface area contributed by atoms with Crippen molar-refractivity contribution in [2.45, 2.75) is 13.3 Å². The van der Waals surface area contributed by atoms with Gasteiger partial charge in [0.15, 0.2) is 16.6 Å². The molecule has 37 heavy (non-hydrogen) atoms. The van der Waals surface area contributed by atoms with Crippen LogP contribution in [0, 0.1) is 23.0 Å². The Morgan fingerprint density at radius 1 is 1.16 bits per heavy atom. The number of benzene rings is 1. The number of imidazole rings is 1. The monoisotopic (exact) mass is 521 g/mol. The zero-order valence-corrected chi connectivity index (χ0v) is 21.3. The van der Waals surface area contributed by atoms with Crippen LogP contribution in [0.25, 0.3) is 16.9 Å². The zero-order chi connectivity index (χ0) is 26.1. The molecule has 11 heteroatoms. The molecule has 4 aromatic rings. The summed E-state index contributed by atoms with van der Waals surface area (Å²) in [5.74, 6) is -0.121. The lowest BCUT2D eigenvalue weighted by Gasteiger charge is -2.35. The van der Waals surface area contributed by atoms with Crippen LogP contribution < -0.4 is 9.80 Å². The highest BCUT2D eigenvalue weighted by molar-refractivity contribution is 7.16. The number of aromatic nitrogens is 3. The minimum absolute atomic E-state index is 0.220. The maximum atomic E-state index is 15.3. The number of hydrogen-bond acceptors (Lipinski definition) is 8. The van der Waals surface area contributed by atoms with Crippen LogP contribution in [0.3, 0.4) is 0 Å². The van der Waals surface area contributed by atoms with Crippen LogP contribution in [0.1, 0.15) is 17.5 Å². The van der Waals surface area contributed by atoms with E-state index in [1.807, 2.05) is 25.1 Å². The molecule has 1 aromatic carbocycles. The first kappa shape index (κ1) is 24.8. The first-order valence-corrected chi connectivity index (χ1v) is 12.8. The van der Waals surface area contributed by atoms with E-state index in [1.54, 1.807) is 16.5 Å². The molecule has 0 unspecified atom stereocenters. The number of carbonyl (C=O) groups is 1. The van der Waals surface area contributed by atoms with Gasteiger partial charge in [0.05, 0.1) is 17.9 Å². The standard InChI is InChI=1S/C26H25F2N7OS/c1-3-21-25(32(2)26-31-23(22(15-29)37-26)17-4-6-18(27)7-5-17)35-16-19(14-20(28)24(35)30-21)34-10-8-33(9-11-34)12-13-36/h4-7,13-14,16H,3,8-12H2,1-2H3. The molecule has 4 heterocycles. The second kappa shape index (κ2) is 10.2. The summed E-state index contributed by atoms with van der Waals surface area (Å²) >= 11 is 1.21. The number of nitriles is 1. The van der Waals surface area contributed by atoms with Gasteiger partial charge in [-0.1, -0.05) is 18.3 Å². The van der Waals surface area contributed by atoms with Crippen molar-refractivity contribution in [3.8, 4) is 17.3 Å². The predicted octanol–water partition coefficient (Wildman–Crippen LogP) is 4.26. The van der Waals surface area contributed by atoms with Crippen molar-refractivity contribution < 1.29 is 13.6 Å². The van der Waals surface area contributed by atoms with E-state index in [0.717, 1.165) is 25.1 Å². The summed E-state index contributed by atoms with van der Waals surface area (Å²) in [6, 6.07) is 9.55. The smallest absolute Gasteiger partial charge is 0.192 e. The third-order valence-electron chi connectivity index (χ3n) is 6.55. The van der Waals surface area contributed by atoms with Crippen molar-refractivity contribution in [2.75, 3.05) is 49.6 Å². The lowest BCUT2D eigenvalue weighted by atomic mass is 10.1. The van der Waals surface area contributed by atoms with Gasteiger partial charge in [-0.05, 0) is 30.7 Å². The molecule has 0 bridgehead atoms. The number of carbonyl (C=O) groups excluding carboxylic acids is 1. The fourth-order valence-corrected chi connectivity index (χ4v) is 5.46. The summed E-state index contributed by atoms with van der Waals surface area (Å²) in [5, 5.41) is 10.3. The van der Waals surface area contributed by atoms with Crippen LogP contribution in [-0.2, 0) is 11.2 Å². The lowest BCUT2D eigenvalue weighted by molar-refractivity contribution is -0.108. The molecule has 0 saturated carbocycles. The largest absolute Gasteiger partial charge is 0.368 e. The Balaban J connectivity index is 1.54. The second-order valence-electron chi connectivity index (χ2n) is 8.78. The molecule has 190 valence electrons. The van der Waals surface area contributed by atoms with Crippen LogP contribution in [0.15, 0.2) is 36.5 Å². The van der Waals surface area contributed by atoms with E-state index in [4.69, 9.17) is 4.98 Å². The number of rotatable bonds is 7. The number of fused-ring (bicyclic) bond motifs is 1. The van der Waals surface area contributed by atoms with Crippen molar-refractivity contribution >= 4 is 39.9 Å². The maximum Gasteiger partial charge on any atom is 0.192 e. The van der Waals surface area contributed by atoms with Crippen LogP contribution in [0.5, 0.6) is 0 Å². The lowest BCUT2D eigenvalue weighted by Crippen LogP contribution is -2.47. The van der Waals surface area contributed by atoms with Gasteiger partial charge in [-0.25, -0.2) is 18.7 Å². The topological polar surface area (TPSA) is 80.8 Å². The van der Waals surface area contributed by atoms with E-state index < -0.39 is 5.82 Å². The van der Waals surface area contributed by atoms with E-state index in [1.165, 1.54) is 29.5 Å². The summed E-state index contributed by atoms with van der Waals surface area (Å²) in [6.07, 6.45) is 3.35. The number of halogens is 2. The molecule has 1 aliphatic heterocycles. The number of aryl methyl sites for hydroxylation is 1. The summed E-state index contributed by atoms with van der Waals surface area (Å²) in [7, 11) is 1.82. The summed E-state index contributed by atoms with van der Waals surface area (Å²) in [5.41, 5.74) is 2.77. The van der Waals surface area contributed by atoms with Gasteiger partial charge in [-0.15, -0.1) is 0 Å². The van der Waals surface area contributed by atoms with Crippen molar-refractivity contribution in [3.05, 3.63) is 58.7 Å². The van der Waals surface area contributed by atoms with Crippen molar-refractivity contribution in [3.63, 3.8) is 0 Å². The number of hydrogen-bond donors (Lipinski definition) is 0. The molecule has 1 saturated heterocycles. The normalized spacial score (nSPS) is 14.2. The molecule has 8 nitrogen and oxygen atoms in total. The highest BCUT2D eigenvalue weighted by Crippen LogP contribution is 2.37. The Kier molecular flexibility index (Phi) is 6.86. The van der Waals surface area contributed by atoms with Gasteiger partial charge >= 0.3 is 0 Å². The Bertz CT molecular complexity index is 1480. The highest BCUT2D eigenvalue weighted by Gasteiger charge is 2.25. The fraction of sp³-hybridized carbons (Fsp3) is 0.308. The molecule has 0 atom stereocenters. The van der Waals surface area contributed by atoms with Gasteiger partial charge in [0.2, 0.25) is 0 Å². The van der Waals surface area contributed by atoms with E-state index in [0.29, 0.717) is 58.8 Å². The van der Waals surface area contributed by atoms with E-state index in [2.05, 4.69) is 20.9 Å². The van der Waals surface area contributed by atoms with Crippen LogP contribution in [-0.4, -0.2) is 65.3 Å². The highest BCUT2D eigenvalue weighted by atomic mass is 32.1. The number of anilines is 3. The summed E-state index contributed by atoms with van der Waals surface area (Å²) < 4.78 is 30.5. The second-order valence-corrected chi connectivity index (χ2v) is 9.76. The van der Waals surface area contributed by atoms with Crippen molar-refractivity contribution in [2.24, 2.45) is 0 Å². The molecular weight excluding hydrogens is 496 g/mol. The molecule has 5 rings (SSSR count). The molecule has 0 aliphatic carbocycles. The quantitative estimate of drug-likeness (QED) is 0.336. The number of piperazine rings is 1. The third kappa shape index (κ3) is 4.65. The summed E-state index contributed by atoms with van der Waals surface area (Å²) in [6.45, 7) is 5.15. The van der Waals surface area contributed by atoms with Gasteiger partial charge in [0, 0.05) is 51.1 Å². The average Bonchev–Trinajstić information content (AvgIpc) is 3.51. The van der Waals surface area contributed by atoms with Crippen LogP contribution in [0.4, 0.5) is 25.4 Å². The first-order valence-electron chi connectivity index (χ1n) is 12.0. The molecular formula is C26H25F2N7OS. The fourth-order valence-electron chi connectivity index (χ4n) is 4.61. The predicted molar refractivity (Wildman–Crippen MR) is 140 cm³/mol. The van der Waals surface area contributed by atoms with Crippen LogP contribution >= 0.6 is 11.3 Å². The molecule has 3 aromatic heterocycles. The van der Waals surface area contributed by atoms with E-state index in [9.17, 15) is 14.4 Å². The number of nitrogens with zero attached hydrogens (tertiary/aromatic N) is 7. The Morgan fingerprint density at radius 2 is 1.89 bits per heavy atom. The molecule has 0 amide bonds. The summed E-state index contributed by atoms with van der Waals surface area (Å²) in [4.78, 5) is 26.5. The van der Waals surface area contributed by atoms with Crippen molar-refractivity contribution in [1.82, 2.24) is 19.3 Å². The first-order chi connectivity index (χ1) is 17.9. The van der Waals surface area contributed by atoms with E-state index in [-0.39, 0.29) is 11.5 Å². The van der Waals surface area contributed by atoms with E-state index >= 15 is 4.39 Å².